The molecule has 1 aliphatic rings. The Morgan fingerprint density at radius 1 is 1.06 bits per heavy atom. The van der Waals surface area contributed by atoms with Crippen molar-refractivity contribution in [3.8, 4) is 16.9 Å². The van der Waals surface area contributed by atoms with Gasteiger partial charge in [-0.2, -0.15) is 0 Å². The monoisotopic (exact) mass is 239 g/mol. The summed E-state index contributed by atoms with van der Waals surface area (Å²) < 4.78 is 5.39. The molecule has 0 unspecified atom stereocenters. The van der Waals surface area contributed by atoms with Gasteiger partial charge in [0.25, 0.3) is 0 Å². The molecule has 2 N–H and O–H groups in total. The van der Waals surface area contributed by atoms with E-state index in [0.29, 0.717) is 0 Å². The zero-order valence-corrected chi connectivity index (χ0v) is 10.5. The minimum atomic E-state index is 0.761. The summed E-state index contributed by atoms with van der Waals surface area (Å²) in [6.45, 7) is 0. The van der Waals surface area contributed by atoms with Crippen LogP contribution in [-0.2, 0) is 0 Å². The first-order valence-electron chi connectivity index (χ1n) is 6.32. The lowest BCUT2D eigenvalue weighted by atomic mass is 10.0. The molecular formula is C16H17NO. The maximum Gasteiger partial charge on any atom is 0.126 e. The van der Waals surface area contributed by atoms with Gasteiger partial charge in [0, 0.05) is 11.3 Å². The highest BCUT2D eigenvalue weighted by molar-refractivity contribution is 5.74. The predicted octanol–water partition coefficient (Wildman–Crippen LogP) is 3.82. The SMILES string of the molecule is COc1ccc(N)cc1-c1ccc(C2CC2)cc1. The highest BCUT2D eigenvalue weighted by atomic mass is 16.5. The Labute approximate surface area is 107 Å². The summed E-state index contributed by atoms with van der Waals surface area (Å²) in [4.78, 5) is 0. The fraction of sp³-hybridized carbons (Fsp3) is 0.250. The van der Waals surface area contributed by atoms with Crippen molar-refractivity contribution in [1.82, 2.24) is 0 Å². The summed E-state index contributed by atoms with van der Waals surface area (Å²) in [7, 11) is 1.69. The van der Waals surface area contributed by atoms with Crippen LogP contribution < -0.4 is 10.5 Å². The molecule has 1 aliphatic carbocycles. The van der Waals surface area contributed by atoms with Crippen LogP contribution in [0, 0.1) is 0 Å². The highest BCUT2D eigenvalue weighted by Gasteiger charge is 2.23. The molecule has 0 amide bonds. The van der Waals surface area contributed by atoms with Crippen molar-refractivity contribution in [2.45, 2.75) is 18.8 Å². The minimum absolute atomic E-state index is 0.761. The largest absolute Gasteiger partial charge is 0.496 e. The molecule has 0 heterocycles. The lowest BCUT2D eigenvalue weighted by Crippen LogP contribution is -1.91. The van der Waals surface area contributed by atoms with Gasteiger partial charge in [-0.1, -0.05) is 24.3 Å². The molecule has 2 nitrogen and oxygen atoms in total. The van der Waals surface area contributed by atoms with Gasteiger partial charge in [-0.3, -0.25) is 0 Å². The molecule has 3 rings (SSSR count). The third-order valence-corrected chi connectivity index (χ3v) is 3.49. The zero-order valence-electron chi connectivity index (χ0n) is 10.5. The van der Waals surface area contributed by atoms with Gasteiger partial charge < -0.3 is 10.5 Å². The van der Waals surface area contributed by atoms with E-state index in [0.717, 1.165) is 28.5 Å². The molecule has 0 spiro atoms. The highest BCUT2D eigenvalue weighted by Crippen LogP contribution is 2.41. The molecule has 2 heteroatoms. The van der Waals surface area contributed by atoms with Gasteiger partial charge in [0.1, 0.15) is 5.75 Å². The van der Waals surface area contributed by atoms with Crippen LogP contribution in [0.3, 0.4) is 0 Å². The Kier molecular flexibility index (Phi) is 2.71. The van der Waals surface area contributed by atoms with E-state index in [2.05, 4.69) is 24.3 Å². The van der Waals surface area contributed by atoms with Gasteiger partial charge in [0.2, 0.25) is 0 Å². The molecule has 0 atom stereocenters. The smallest absolute Gasteiger partial charge is 0.126 e. The van der Waals surface area contributed by atoms with Gasteiger partial charge in [-0.25, -0.2) is 0 Å². The van der Waals surface area contributed by atoms with Crippen LogP contribution in [0.25, 0.3) is 11.1 Å². The molecular weight excluding hydrogens is 222 g/mol. The Balaban J connectivity index is 1.99. The van der Waals surface area contributed by atoms with Crippen LogP contribution in [0.1, 0.15) is 24.3 Å². The van der Waals surface area contributed by atoms with E-state index in [1.54, 1.807) is 7.11 Å². The third-order valence-electron chi connectivity index (χ3n) is 3.49. The Morgan fingerprint density at radius 3 is 2.39 bits per heavy atom. The van der Waals surface area contributed by atoms with Gasteiger partial charge in [-0.05, 0) is 48.1 Å². The topological polar surface area (TPSA) is 35.2 Å². The van der Waals surface area contributed by atoms with Crippen molar-refractivity contribution < 1.29 is 4.74 Å². The lowest BCUT2D eigenvalue weighted by Gasteiger charge is -2.10. The van der Waals surface area contributed by atoms with E-state index >= 15 is 0 Å². The molecule has 0 bridgehead atoms. The normalized spacial score (nSPS) is 14.5. The van der Waals surface area contributed by atoms with Gasteiger partial charge in [0.05, 0.1) is 7.11 Å². The van der Waals surface area contributed by atoms with Crippen molar-refractivity contribution >= 4 is 5.69 Å². The summed E-state index contributed by atoms with van der Waals surface area (Å²) in [6, 6.07) is 14.5. The number of nitrogens with two attached hydrogens (primary N) is 1. The Hall–Kier alpha value is -1.96. The molecule has 2 aromatic rings. The molecule has 2 aromatic carbocycles. The fourth-order valence-electron chi connectivity index (χ4n) is 2.30. The van der Waals surface area contributed by atoms with Crippen molar-refractivity contribution in [2.24, 2.45) is 0 Å². The quantitative estimate of drug-likeness (QED) is 0.826. The molecule has 1 saturated carbocycles. The molecule has 0 radical (unpaired) electrons. The summed E-state index contributed by atoms with van der Waals surface area (Å²) >= 11 is 0. The van der Waals surface area contributed by atoms with Crippen molar-refractivity contribution in [3.05, 3.63) is 48.0 Å². The van der Waals surface area contributed by atoms with Crippen molar-refractivity contribution in [3.63, 3.8) is 0 Å². The summed E-state index contributed by atoms with van der Waals surface area (Å²) in [5, 5.41) is 0. The van der Waals surface area contributed by atoms with Crippen LogP contribution in [0.4, 0.5) is 5.69 Å². The molecule has 0 aliphatic heterocycles. The van der Waals surface area contributed by atoms with Gasteiger partial charge in [-0.15, -0.1) is 0 Å². The number of anilines is 1. The van der Waals surface area contributed by atoms with Crippen molar-refractivity contribution in [1.29, 1.82) is 0 Å². The van der Waals surface area contributed by atoms with E-state index in [1.807, 2.05) is 18.2 Å². The minimum Gasteiger partial charge on any atom is -0.496 e. The number of hydrogen-bond donors (Lipinski definition) is 1. The predicted molar refractivity (Wildman–Crippen MR) is 74.8 cm³/mol. The van der Waals surface area contributed by atoms with Gasteiger partial charge in [0.15, 0.2) is 0 Å². The summed E-state index contributed by atoms with van der Waals surface area (Å²) in [5.74, 6) is 1.66. The second-order valence-electron chi connectivity index (χ2n) is 4.86. The van der Waals surface area contributed by atoms with Crippen LogP contribution in [0.2, 0.25) is 0 Å². The maximum atomic E-state index is 5.85. The second-order valence-corrected chi connectivity index (χ2v) is 4.86. The van der Waals surface area contributed by atoms with E-state index in [-0.39, 0.29) is 0 Å². The van der Waals surface area contributed by atoms with Crippen LogP contribution >= 0.6 is 0 Å². The molecule has 92 valence electrons. The van der Waals surface area contributed by atoms with Gasteiger partial charge >= 0.3 is 0 Å². The molecule has 1 fully saturated rings. The van der Waals surface area contributed by atoms with E-state index < -0.39 is 0 Å². The maximum absolute atomic E-state index is 5.85. The van der Waals surface area contributed by atoms with Crippen LogP contribution in [0.5, 0.6) is 5.75 Å². The molecule has 0 saturated heterocycles. The fourth-order valence-corrected chi connectivity index (χ4v) is 2.30. The van der Waals surface area contributed by atoms with E-state index in [1.165, 1.54) is 18.4 Å². The van der Waals surface area contributed by atoms with Crippen LogP contribution in [0.15, 0.2) is 42.5 Å². The average molecular weight is 239 g/mol. The Morgan fingerprint density at radius 2 is 1.78 bits per heavy atom. The lowest BCUT2D eigenvalue weighted by molar-refractivity contribution is 0.416. The van der Waals surface area contributed by atoms with E-state index in [9.17, 15) is 0 Å². The first-order chi connectivity index (χ1) is 8.78. The summed E-state index contributed by atoms with van der Waals surface area (Å²) in [5.41, 5.74) is 10.3. The number of rotatable bonds is 3. The average Bonchev–Trinajstić information content (AvgIpc) is 3.23. The number of ether oxygens (including phenoxy) is 1. The Bertz CT molecular complexity index is 556. The van der Waals surface area contributed by atoms with Crippen molar-refractivity contribution in [2.75, 3.05) is 12.8 Å². The number of methoxy groups -OCH3 is 1. The number of hydrogen-bond acceptors (Lipinski definition) is 2. The number of nitrogen functional groups attached to an aromatic ring is 1. The second kappa shape index (κ2) is 4.37. The molecule has 18 heavy (non-hydrogen) atoms. The zero-order chi connectivity index (χ0) is 12.5. The first-order valence-corrected chi connectivity index (χ1v) is 6.32. The van der Waals surface area contributed by atoms with Crippen LogP contribution in [-0.4, -0.2) is 7.11 Å². The van der Waals surface area contributed by atoms with E-state index in [4.69, 9.17) is 10.5 Å². The molecule has 0 aromatic heterocycles. The first kappa shape index (κ1) is 11.1. The summed E-state index contributed by atoms with van der Waals surface area (Å²) in [6.07, 6.45) is 2.67. The standard InChI is InChI=1S/C16H17NO/c1-18-16-9-8-14(17)10-15(16)13-6-4-12(5-7-13)11-2-3-11/h4-11H,2-3,17H2,1H3. The third kappa shape index (κ3) is 2.06. The number of benzene rings is 2.